The van der Waals surface area contributed by atoms with Gasteiger partial charge in [0.1, 0.15) is 12.6 Å². The van der Waals surface area contributed by atoms with Gasteiger partial charge in [-0.1, -0.05) is 0 Å². The lowest BCUT2D eigenvalue weighted by Gasteiger charge is -2.28. The molecule has 1 rings (SSSR count). The molecule has 98 valence electrons. The third kappa shape index (κ3) is 4.70. The van der Waals surface area contributed by atoms with Gasteiger partial charge in [0.25, 0.3) is 0 Å². The maximum atomic E-state index is 11.4. The quantitative estimate of drug-likeness (QED) is 0.689. The number of rotatable bonds is 6. The zero-order valence-corrected chi connectivity index (χ0v) is 9.98. The predicted molar refractivity (Wildman–Crippen MR) is 59.6 cm³/mol. The Hall–Kier alpha value is -1.14. The van der Waals surface area contributed by atoms with E-state index in [9.17, 15) is 9.59 Å². The first-order valence-electron chi connectivity index (χ1n) is 5.82. The molecule has 0 spiro atoms. The van der Waals surface area contributed by atoms with Crippen LogP contribution in [-0.2, 0) is 19.1 Å². The third-order valence-electron chi connectivity index (χ3n) is 2.69. The maximum Gasteiger partial charge on any atom is 0.326 e. The number of carbonyl (C=O) groups is 2. The minimum atomic E-state index is -1.02. The van der Waals surface area contributed by atoms with Gasteiger partial charge in [-0.3, -0.25) is 4.79 Å². The minimum Gasteiger partial charge on any atom is -0.480 e. The van der Waals surface area contributed by atoms with Crippen molar-refractivity contribution >= 4 is 11.9 Å². The van der Waals surface area contributed by atoms with E-state index < -0.39 is 17.9 Å². The molecule has 0 aromatic carbocycles. The molecule has 1 aliphatic heterocycles. The molecule has 1 fully saturated rings. The van der Waals surface area contributed by atoms with Crippen LogP contribution in [0.15, 0.2) is 0 Å². The van der Waals surface area contributed by atoms with E-state index in [-0.39, 0.29) is 12.5 Å². The van der Waals surface area contributed by atoms with Gasteiger partial charge in [0.05, 0.1) is 6.61 Å². The monoisotopic (exact) mass is 245 g/mol. The van der Waals surface area contributed by atoms with Gasteiger partial charge in [-0.25, -0.2) is 4.79 Å². The van der Waals surface area contributed by atoms with Gasteiger partial charge >= 0.3 is 5.97 Å². The van der Waals surface area contributed by atoms with Crippen molar-refractivity contribution in [3.05, 3.63) is 0 Å². The molecule has 0 aromatic heterocycles. The highest BCUT2D eigenvalue weighted by molar-refractivity contribution is 5.84. The van der Waals surface area contributed by atoms with Crippen LogP contribution in [0.3, 0.4) is 0 Å². The molecule has 0 bridgehead atoms. The zero-order valence-electron chi connectivity index (χ0n) is 9.98. The van der Waals surface area contributed by atoms with Crippen molar-refractivity contribution in [1.82, 2.24) is 5.32 Å². The Morgan fingerprint density at radius 2 is 2.35 bits per heavy atom. The van der Waals surface area contributed by atoms with E-state index in [1.165, 1.54) is 0 Å². The standard InChI is InChI=1S/C11H19NO5/c1-2-16-7-9(13)12-10(11(14)15)8-4-3-5-17-6-8/h8,10H,2-7H2,1H3,(H,12,13)(H,14,15). The summed E-state index contributed by atoms with van der Waals surface area (Å²) in [6.45, 7) is 3.14. The number of amides is 1. The van der Waals surface area contributed by atoms with Gasteiger partial charge < -0.3 is 19.9 Å². The minimum absolute atomic E-state index is 0.103. The van der Waals surface area contributed by atoms with Crippen molar-refractivity contribution in [3.8, 4) is 0 Å². The smallest absolute Gasteiger partial charge is 0.326 e. The Bertz CT molecular complexity index is 263. The average molecular weight is 245 g/mol. The van der Waals surface area contributed by atoms with Gasteiger partial charge in [-0.2, -0.15) is 0 Å². The molecule has 2 atom stereocenters. The number of aliphatic carboxylic acids is 1. The van der Waals surface area contributed by atoms with E-state index in [1.54, 1.807) is 6.92 Å². The molecule has 17 heavy (non-hydrogen) atoms. The van der Waals surface area contributed by atoms with Crippen molar-refractivity contribution in [2.24, 2.45) is 5.92 Å². The second kappa shape index (κ2) is 7.24. The van der Waals surface area contributed by atoms with E-state index in [1.807, 2.05) is 0 Å². The summed E-state index contributed by atoms with van der Waals surface area (Å²) >= 11 is 0. The van der Waals surface area contributed by atoms with Gasteiger partial charge in [0.2, 0.25) is 5.91 Å². The highest BCUT2D eigenvalue weighted by atomic mass is 16.5. The van der Waals surface area contributed by atoms with Gasteiger partial charge in [0.15, 0.2) is 0 Å². The van der Waals surface area contributed by atoms with Crippen LogP contribution in [0.1, 0.15) is 19.8 Å². The van der Waals surface area contributed by atoms with Crippen molar-refractivity contribution < 1.29 is 24.2 Å². The lowest BCUT2D eigenvalue weighted by molar-refractivity contribution is -0.145. The fraction of sp³-hybridized carbons (Fsp3) is 0.818. The van der Waals surface area contributed by atoms with Crippen molar-refractivity contribution in [3.63, 3.8) is 0 Å². The normalized spacial score (nSPS) is 21.8. The highest BCUT2D eigenvalue weighted by Crippen LogP contribution is 2.17. The molecule has 1 aliphatic rings. The second-order valence-corrected chi connectivity index (χ2v) is 4.00. The van der Waals surface area contributed by atoms with Crippen LogP contribution in [0.4, 0.5) is 0 Å². The van der Waals surface area contributed by atoms with Crippen molar-refractivity contribution in [2.75, 3.05) is 26.4 Å². The summed E-state index contributed by atoms with van der Waals surface area (Å²) in [7, 11) is 0. The zero-order chi connectivity index (χ0) is 12.7. The van der Waals surface area contributed by atoms with Crippen LogP contribution in [0.25, 0.3) is 0 Å². The van der Waals surface area contributed by atoms with E-state index in [2.05, 4.69) is 5.32 Å². The highest BCUT2D eigenvalue weighted by Gasteiger charge is 2.31. The summed E-state index contributed by atoms with van der Waals surface area (Å²) < 4.78 is 10.2. The average Bonchev–Trinajstić information content (AvgIpc) is 2.34. The molecule has 2 N–H and O–H groups in total. The molecule has 0 aliphatic carbocycles. The Labute approximate surface area is 100 Å². The van der Waals surface area contributed by atoms with E-state index in [0.717, 1.165) is 12.8 Å². The summed E-state index contributed by atoms with van der Waals surface area (Å²) in [6.07, 6.45) is 1.58. The molecule has 0 aromatic rings. The molecule has 6 nitrogen and oxygen atoms in total. The molecule has 1 heterocycles. The molecule has 0 saturated carbocycles. The molecular formula is C11H19NO5. The Kier molecular flexibility index (Phi) is 5.93. The van der Waals surface area contributed by atoms with Gasteiger partial charge in [-0.15, -0.1) is 0 Å². The third-order valence-corrected chi connectivity index (χ3v) is 2.69. The van der Waals surface area contributed by atoms with E-state index in [4.69, 9.17) is 14.6 Å². The first kappa shape index (κ1) is 13.9. The molecule has 1 amide bonds. The maximum absolute atomic E-state index is 11.4. The van der Waals surface area contributed by atoms with Crippen LogP contribution < -0.4 is 5.32 Å². The molecule has 0 radical (unpaired) electrons. The number of carboxylic acid groups (broad SMARTS) is 1. The molecule has 6 heteroatoms. The fourth-order valence-electron chi connectivity index (χ4n) is 1.82. The number of carboxylic acids is 1. The van der Waals surface area contributed by atoms with Crippen LogP contribution >= 0.6 is 0 Å². The number of ether oxygens (including phenoxy) is 2. The number of carbonyl (C=O) groups excluding carboxylic acids is 1. The van der Waals surface area contributed by atoms with E-state index >= 15 is 0 Å². The van der Waals surface area contributed by atoms with Gasteiger partial charge in [-0.05, 0) is 19.8 Å². The molecule has 1 saturated heterocycles. The first-order valence-corrected chi connectivity index (χ1v) is 5.82. The SMILES string of the molecule is CCOCC(=O)NC(C(=O)O)C1CCCOC1. The largest absolute Gasteiger partial charge is 0.480 e. The Balaban J connectivity index is 2.47. The predicted octanol–water partition coefficient (Wildman–Crippen LogP) is 0.0189. The number of nitrogens with one attached hydrogen (secondary N) is 1. The second-order valence-electron chi connectivity index (χ2n) is 4.00. The van der Waals surface area contributed by atoms with Crippen LogP contribution in [0.2, 0.25) is 0 Å². The van der Waals surface area contributed by atoms with Crippen LogP contribution in [-0.4, -0.2) is 49.5 Å². The summed E-state index contributed by atoms with van der Waals surface area (Å²) in [6, 6.07) is -0.886. The van der Waals surface area contributed by atoms with Crippen LogP contribution in [0, 0.1) is 5.92 Å². The summed E-state index contributed by atoms with van der Waals surface area (Å²) in [5.41, 5.74) is 0. The lowest BCUT2D eigenvalue weighted by atomic mass is 9.94. The molecular weight excluding hydrogens is 226 g/mol. The summed E-state index contributed by atoms with van der Waals surface area (Å²) in [5, 5.41) is 11.6. The Morgan fingerprint density at radius 1 is 1.59 bits per heavy atom. The van der Waals surface area contributed by atoms with E-state index in [0.29, 0.717) is 19.8 Å². The number of hydrogen-bond acceptors (Lipinski definition) is 4. The number of hydrogen-bond donors (Lipinski definition) is 2. The topological polar surface area (TPSA) is 84.9 Å². The van der Waals surface area contributed by atoms with Gasteiger partial charge in [0, 0.05) is 19.1 Å². The summed E-state index contributed by atoms with van der Waals surface area (Å²) in [4.78, 5) is 22.5. The Morgan fingerprint density at radius 3 is 2.88 bits per heavy atom. The van der Waals surface area contributed by atoms with Crippen molar-refractivity contribution in [1.29, 1.82) is 0 Å². The molecule has 2 unspecified atom stereocenters. The fourth-order valence-corrected chi connectivity index (χ4v) is 1.82. The summed E-state index contributed by atoms with van der Waals surface area (Å²) in [5.74, 6) is -1.58. The van der Waals surface area contributed by atoms with Crippen molar-refractivity contribution in [2.45, 2.75) is 25.8 Å². The lowest BCUT2D eigenvalue weighted by Crippen LogP contribution is -2.49. The van der Waals surface area contributed by atoms with Crippen LogP contribution in [0.5, 0.6) is 0 Å². The first-order chi connectivity index (χ1) is 8.15.